The van der Waals surface area contributed by atoms with Crippen LogP contribution in [-0.2, 0) is 0 Å². The predicted molar refractivity (Wildman–Crippen MR) is 55.8 cm³/mol. The van der Waals surface area contributed by atoms with Crippen LogP contribution in [-0.4, -0.2) is 23.1 Å². The molecule has 0 bridgehead atoms. The van der Waals surface area contributed by atoms with Crippen LogP contribution in [0, 0.1) is 17.0 Å². The number of hydrogen-bond donors (Lipinski definition) is 2. The molecule has 1 aromatic carbocycles. The van der Waals surface area contributed by atoms with E-state index in [2.05, 4.69) is 0 Å². The molecule has 16 heavy (non-hydrogen) atoms. The van der Waals surface area contributed by atoms with Gasteiger partial charge in [-0.05, 0) is 6.92 Å². The summed E-state index contributed by atoms with van der Waals surface area (Å²) in [5.74, 6) is -1.27. The number of hydrogen-bond acceptors (Lipinski definition) is 5. The summed E-state index contributed by atoms with van der Waals surface area (Å²) in [5.41, 5.74) is 4.96. The van der Waals surface area contributed by atoms with E-state index in [1.807, 2.05) is 0 Å². The fraction of sp³-hybridized carbons (Fsp3) is 0.222. The number of nitrogens with zero attached hydrogens (tertiary/aromatic N) is 1. The van der Waals surface area contributed by atoms with Crippen molar-refractivity contribution in [2.45, 2.75) is 6.92 Å². The Morgan fingerprint density at radius 1 is 1.62 bits per heavy atom. The first kappa shape index (κ1) is 11.8. The monoisotopic (exact) mass is 226 g/mol. The minimum absolute atomic E-state index is 0.0376. The van der Waals surface area contributed by atoms with Crippen LogP contribution >= 0.6 is 0 Å². The van der Waals surface area contributed by atoms with Crippen LogP contribution < -0.4 is 10.5 Å². The van der Waals surface area contributed by atoms with Gasteiger partial charge < -0.3 is 15.6 Å². The van der Waals surface area contributed by atoms with Gasteiger partial charge in [-0.2, -0.15) is 0 Å². The molecular formula is C9H10N2O5. The molecule has 1 rings (SSSR count). The van der Waals surface area contributed by atoms with Gasteiger partial charge in [-0.3, -0.25) is 10.1 Å². The molecule has 0 unspecified atom stereocenters. The van der Waals surface area contributed by atoms with Gasteiger partial charge in [0.05, 0.1) is 12.0 Å². The summed E-state index contributed by atoms with van der Waals surface area (Å²) in [6.07, 6.45) is 0. The molecule has 0 spiro atoms. The molecule has 0 amide bonds. The lowest BCUT2D eigenvalue weighted by molar-refractivity contribution is -0.384. The van der Waals surface area contributed by atoms with E-state index in [0.717, 1.165) is 6.07 Å². The molecule has 1 aromatic rings. The second-order valence-corrected chi connectivity index (χ2v) is 3.08. The summed E-state index contributed by atoms with van der Waals surface area (Å²) < 4.78 is 4.87. The number of aromatic carboxylic acids is 1. The number of nitro groups is 1. The van der Waals surface area contributed by atoms with Crippen molar-refractivity contribution in [3.05, 3.63) is 27.3 Å². The van der Waals surface area contributed by atoms with E-state index in [1.54, 1.807) is 0 Å². The van der Waals surface area contributed by atoms with E-state index in [-0.39, 0.29) is 22.6 Å². The minimum Gasteiger partial charge on any atom is -0.495 e. The lowest BCUT2D eigenvalue weighted by Gasteiger charge is -2.10. The summed E-state index contributed by atoms with van der Waals surface area (Å²) in [6.45, 7) is 1.47. The van der Waals surface area contributed by atoms with Crippen LogP contribution in [0.15, 0.2) is 6.07 Å². The second kappa shape index (κ2) is 4.05. The highest BCUT2D eigenvalue weighted by atomic mass is 16.6. The number of carboxylic acid groups (broad SMARTS) is 1. The zero-order valence-electron chi connectivity index (χ0n) is 8.68. The maximum Gasteiger partial charge on any atom is 0.339 e. The number of benzene rings is 1. The Morgan fingerprint density at radius 3 is 2.56 bits per heavy atom. The highest BCUT2D eigenvalue weighted by Gasteiger charge is 2.24. The fourth-order valence-electron chi connectivity index (χ4n) is 1.37. The Morgan fingerprint density at radius 2 is 2.19 bits per heavy atom. The van der Waals surface area contributed by atoms with E-state index in [1.165, 1.54) is 14.0 Å². The molecule has 7 nitrogen and oxygen atoms in total. The van der Waals surface area contributed by atoms with Crippen LogP contribution in [0.5, 0.6) is 5.75 Å². The topological polar surface area (TPSA) is 116 Å². The standard InChI is InChI=1S/C9H10N2O5/c1-4-7(10)6(11(14)15)3-5(9(12)13)8(4)16-2/h3H,10H2,1-2H3,(H,12,13). The van der Waals surface area contributed by atoms with E-state index >= 15 is 0 Å². The van der Waals surface area contributed by atoms with E-state index in [4.69, 9.17) is 15.6 Å². The Balaban J connectivity index is 3.62. The number of anilines is 1. The predicted octanol–water partition coefficient (Wildman–Crippen LogP) is 1.19. The van der Waals surface area contributed by atoms with E-state index in [0.29, 0.717) is 0 Å². The first-order valence-corrected chi connectivity index (χ1v) is 4.24. The molecule has 0 aliphatic rings. The van der Waals surface area contributed by atoms with Crippen molar-refractivity contribution in [1.82, 2.24) is 0 Å². The molecule has 0 heterocycles. The Bertz CT molecular complexity index is 469. The van der Waals surface area contributed by atoms with Crippen LogP contribution in [0.1, 0.15) is 15.9 Å². The van der Waals surface area contributed by atoms with Crippen LogP contribution in [0.4, 0.5) is 11.4 Å². The van der Waals surface area contributed by atoms with Crippen molar-refractivity contribution in [1.29, 1.82) is 0 Å². The highest BCUT2D eigenvalue weighted by Crippen LogP contribution is 2.35. The molecule has 0 saturated carbocycles. The lowest BCUT2D eigenvalue weighted by Crippen LogP contribution is -2.07. The van der Waals surface area contributed by atoms with Gasteiger partial charge in [0.2, 0.25) is 0 Å². The van der Waals surface area contributed by atoms with E-state index < -0.39 is 16.6 Å². The summed E-state index contributed by atoms with van der Waals surface area (Å²) in [4.78, 5) is 20.8. The number of nitro benzene ring substituents is 1. The molecule has 0 aliphatic carbocycles. The van der Waals surface area contributed by atoms with Crippen molar-refractivity contribution in [2.24, 2.45) is 0 Å². The van der Waals surface area contributed by atoms with Crippen molar-refractivity contribution < 1.29 is 19.6 Å². The average Bonchev–Trinajstić information content (AvgIpc) is 2.20. The summed E-state index contributed by atoms with van der Waals surface area (Å²) in [6, 6.07) is 0.892. The SMILES string of the molecule is COc1c(C(=O)O)cc([N+](=O)[O-])c(N)c1C. The van der Waals surface area contributed by atoms with Gasteiger partial charge in [-0.15, -0.1) is 0 Å². The Hall–Kier alpha value is -2.31. The summed E-state index contributed by atoms with van der Waals surface area (Å²) >= 11 is 0. The van der Waals surface area contributed by atoms with Gasteiger partial charge in [0.25, 0.3) is 5.69 Å². The number of ether oxygens (including phenoxy) is 1. The number of rotatable bonds is 3. The molecule has 86 valence electrons. The Kier molecular flexibility index (Phi) is 2.98. The molecule has 0 aliphatic heterocycles. The summed E-state index contributed by atoms with van der Waals surface area (Å²) in [7, 11) is 1.28. The quantitative estimate of drug-likeness (QED) is 0.454. The number of nitrogens with two attached hydrogens (primary N) is 1. The summed E-state index contributed by atoms with van der Waals surface area (Å²) in [5, 5.41) is 19.5. The molecule has 0 saturated heterocycles. The van der Waals surface area contributed by atoms with Crippen LogP contribution in [0.3, 0.4) is 0 Å². The third kappa shape index (κ3) is 1.74. The zero-order chi connectivity index (χ0) is 12.5. The maximum atomic E-state index is 10.9. The highest BCUT2D eigenvalue weighted by molar-refractivity contribution is 5.94. The van der Waals surface area contributed by atoms with Gasteiger partial charge >= 0.3 is 5.97 Å². The number of nitrogen functional groups attached to an aromatic ring is 1. The molecule has 0 atom stereocenters. The lowest BCUT2D eigenvalue weighted by atomic mass is 10.1. The molecule has 0 aromatic heterocycles. The number of carbonyl (C=O) groups is 1. The van der Waals surface area contributed by atoms with E-state index in [9.17, 15) is 14.9 Å². The number of carboxylic acids is 1. The molecular weight excluding hydrogens is 216 g/mol. The molecule has 7 heteroatoms. The largest absolute Gasteiger partial charge is 0.495 e. The van der Waals surface area contributed by atoms with Crippen LogP contribution in [0.25, 0.3) is 0 Å². The third-order valence-corrected chi connectivity index (χ3v) is 2.18. The molecule has 0 fully saturated rings. The number of methoxy groups -OCH3 is 1. The van der Waals surface area contributed by atoms with Gasteiger partial charge in [-0.1, -0.05) is 0 Å². The third-order valence-electron chi connectivity index (χ3n) is 2.18. The van der Waals surface area contributed by atoms with Crippen molar-refractivity contribution in [2.75, 3.05) is 12.8 Å². The van der Waals surface area contributed by atoms with Crippen LogP contribution in [0.2, 0.25) is 0 Å². The first-order chi connectivity index (χ1) is 7.40. The van der Waals surface area contributed by atoms with Crippen molar-refractivity contribution in [3.8, 4) is 5.75 Å². The van der Waals surface area contributed by atoms with Gasteiger partial charge in [0.1, 0.15) is 17.0 Å². The maximum absolute atomic E-state index is 10.9. The fourth-order valence-corrected chi connectivity index (χ4v) is 1.37. The normalized spacial score (nSPS) is 9.88. The van der Waals surface area contributed by atoms with Gasteiger partial charge in [0, 0.05) is 11.6 Å². The molecule has 3 N–H and O–H groups in total. The minimum atomic E-state index is -1.30. The van der Waals surface area contributed by atoms with Crippen molar-refractivity contribution >= 4 is 17.3 Å². The molecule has 0 radical (unpaired) electrons. The average molecular weight is 226 g/mol. The first-order valence-electron chi connectivity index (χ1n) is 4.24. The smallest absolute Gasteiger partial charge is 0.339 e. The van der Waals surface area contributed by atoms with Crippen molar-refractivity contribution in [3.63, 3.8) is 0 Å². The van der Waals surface area contributed by atoms with Gasteiger partial charge in [0.15, 0.2) is 0 Å². The zero-order valence-corrected chi connectivity index (χ0v) is 8.68. The second-order valence-electron chi connectivity index (χ2n) is 3.08. The van der Waals surface area contributed by atoms with Gasteiger partial charge in [-0.25, -0.2) is 4.79 Å². The Labute approximate surface area is 90.6 Å².